The van der Waals surface area contributed by atoms with Crippen molar-refractivity contribution < 1.29 is 19.4 Å². The summed E-state index contributed by atoms with van der Waals surface area (Å²) in [6.45, 7) is 2.63. The Balaban J connectivity index is 1.92. The minimum absolute atomic E-state index is 0.177. The van der Waals surface area contributed by atoms with Gasteiger partial charge < -0.3 is 15.2 Å². The topological polar surface area (TPSA) is 78.9 Å². The van der Waals surface area contributed by atoms with Crippen molar-refractivity contribution in [2.45, 2.75) is 13.0 Å². The number of nitrogens with zero attached hydrogens (tertiary/aromatic N) is 1. The average Bonchev–Trinajstić information content (AvgIpc) is 2.96. The van der Waals surface area contributed by atoms with E-state index in [-0.39, 0.29) is 5.91 Å². The number of carbonyl (C=O) groups excluding carboxylic acids is 1. The monoisotopic (exact) mass is 320 g/mol. The van der Waals surface area contributed by atoms with E-state index in [2.05, 4.69) is 5.32 Å². The standard InChI is InChI=1S/C17H24N2O4/c1-23-9-5-8-18-16(20)14-11-19(12-15(14)17(21)22)10-13-6-3-2-4-7-13/h2-4,6-7,14-15H,5,8-12H2,1H3,(H,18,20)(H,21,22)/t14-,15+/m0/s1. The zero-order valence-corrected chi connectivity index (χ0v) is 13.4. The first kappa shape index (κ1) is 17.4. The molecule has 0 saturated carbocycles. The molecule has 1 aliphatic heterocycles. The van der Waals surface area contributed by atoms with Crippen LogP contribution in [0.2, 0.25) is 0 Å². The first-order chi connectivity index (χ1) is 11.1. The maximum atomic E-state index is 12.3. The number of benzene rings is 1. The summed E-state index contributed by atoms with van der Waals surface area (Å²) in [5.41, 5.74) is 1.12. The lowest BCUT2D eigenvalue weighted by molar-refractivity contribution is -0.145. The highest BCUT2D eigenvalue weighted by molar-refractivity contribution is 5.85. The molecule has 1 amide bonds. The highest BCUT2D eigenvalue weighted by Crippen LogP contribution is 2.25. The molecule has 6 heteroatoms. The molecule has 1 heterocycles. The minimum atomic E-state index is -0.905. The fourth-order valence-electron chi connectivity index (χ4n) is 2.93. The molecule has 2 N–H and O–H groups in total. The predicted molar refractivity (Wildman–Crippen MR) is 85.8 cm³/mol. The van der Waals surface area contributed by atoms with Crippen LogP contribution in [0.25, 0.3) is 0 Å². The van der Waals surface area contributed by atoms with Crippen LogP contribution >= 0.6 is 0 Å². The van der Waals surface area contributed by atoms with Gasteiger partial charge in [0.1, 0.15) is 0 Å². The highest BCUT2D eigenvalue weighted by atomic mass is 16.5. The van der Waals surface area contributed by atoms with Crippen LogP contribution in [0, 0.1) is 11.8 Å². The summed E-state index contributed by atoms with van der Waals surface area (Å²) in [5, 5.41) is 12.2. The fraction of sp³-hybridized carbons (Fsp3) is 0.529. The molecule has 0 unspecified atom stereocenters. The molecule has 2 rings (SSSR count). The number of amides is 1. The van der Waals surface area contributed by atoms with Crippen molar-refractivity contribution in [1.29, 1.82) is 0 Å². The van der Waals surface area contributed by atoms with Crippen molar-refractivity contribution in [3.8, 4) is 0 Å². The van der Waals surface area contributed by atoms with Crippen molar-refractivity contribution in [1.82, 2.24) is 10.2 Å². The molecule has 2 atom stereocenters. The number of aliphatic carboxylic acids is 1. The van der Waals surface area contributed by atoms with Crippen LogP contribution in [0.15, 0.2) is 30.3 Å². The van der Waals surface area contributed by atoms with Crippen molar-refractivity contribution >= 4 is 11.9 Å². The largest absolute Gasteiger partial charge is 0.481 e. The van der Waals surface area contributed by atoms with Gasteiger partial charge in [-0.25, -0.2) is 0 Å². The van der Waals surface area contributed by atoms with E-state index in [0.717, 1.165) is 12.0 Å². The highest BCUT2D eigenvalue weighted by Gasteiger charge is 2.41. The second-order valence-corrected chi connectivity index (χ2v) is 5.87. The third kappa shape index (κ3) is 5.04. The molecule has 0 spiro atoms. The number of likely N-dealkylation sites (tertiary alicyclic amines) is 1. The van der Waals surface area contributed by atoms with E-state index in [9.17, 15) is 14.7 Å². The van der Waals surface area contributed by atoms with Gasteiger partial charge in [0.05, 0.1) is 11.8 Å². The first-order valence-electron chi connectivity index (χ1n) is 7.87. The molecule has 0 bridgehead atoms. The summed E-state index contributed by atoms with van der Waals surface area (Å²) in [5.74, 6) is -2.23. The van der Waals surface area contributed by atoms with Crippen molar-refractivity contribution in [3.63, 3.8) is 0 Å². The molecule has 1 aromatic carbocycles. The summed E-state index contributed by atoms with van der Waals surface area (Å²) in [6, 6.07) is 9.88. The zero-order valence-electron chi connectivity index (χ0n) is 13.4. The van der Waals surface area contributed by atoms with Gasteiger partial charge in [-0.05, 0) is 12.0 Å². The van der Waals surface area contributed by atoms with Gasteiger partial charge >= 0.3 is 5.97 Å². The Bertz CT molecular complexity index is 521. The zero-order chi connectivity index (χ0) is 16.7. The maximum absolute atomic E-state index is 12.3. The molecule has 6 nitrogen and oxygen atoms in total. The molecule has 0 aliphatic carbocycles. The van der Waals surface area contributed by atoms with E-state index in [1.54, 1.807) is 7.11 Å². The molecule has 0 radical (unpaired) electrons. The lowest BCUT2D eigenvalue weighted by Gasteiger charge is -2.16. The Hall–Kier alpha value is -1.92. The molecule has 0 aromatic heterocycles. The number of carboxylic acids is 1. The molecule has 1 aromatic rings. The summed E-state index contributed by atoms with van der Waals surface area (Å²) in [6.07, 6.45) is 0.723. The summed E-state index contributed by atoms with van der Waals surface area (Å²) < 4.78 is 4.94. The quantitative estimate of drug-likeness (QED) is 0.698. The maximum Gasteiger partial charge on any atom is 0.308 e. The average molecular weight is 320 g/mol. The smallest absolute Gasteiger partial charge is 0.308 e. The summed E-state index contributed by atoms with van der Waals surface area (Å²) in [7, 11) is 1.61. The third-order valence-electron chi connectivity index (χ3n) is 4.12. The number of rotatable bonds is 8. The van der Waals surface area contributed by atoms with Crippen molar-refractivity contribution in [2.75, 3.05) is 33.4 Å². The van der Waals surface area contributed by atoms with E-state index in [0.29, 0.717) is 32.8 Å². The van der Waals surface area contributed by atoms with Crippen LogP contribution in [0.3, 0.4) is 0 Å². The summed E-state index contributed by atoms with van der Waals surface area (Å²) >= 11 is 0. The molecule has 126 valence electrons. The Morgan fingerprint density at radius 1 is 1.26 bits per heavy atom. The second-order valence-electron chi connectivity index (χ2n) is 5.87. The minimum Gasteiger partial charge on any atom is -0.481 e. The second kappa shape index (κ2) is 8.64. The van der Waals surface area contributed by atoms with Crippen LogP contribution in [-0.4, -0.2) is 55.2 Å². The molecular weight excluding hydrogens is 296 g/mol. The predicted octanol–water partition coefficient (Wildman–Crippen LogP) is 0.972. The normalized spacial score (nSPS) is 21.3. The SMILES string of the molecule is COCCCNC(=O)[C@H]1CN(Cc2ccccc2)C[C@H]1C(=O)O. The van der Waals surface area contributed by atoms with Gasteiger partial charge in [-0.3, -0.25) is 14.5 Å². The Morgan fingerprint density at radius 3 is 2.61 bits per heavy atom. The molecule has 23 heavy (non-hydrogen) atoms. The van der Waals surface area contributed by atoms with Crippen LogP contribution < -0.4 is 5.32 Å². The van der Waals surface area contributed by atoms with E-state index >= 15 is 0 Å². The van der Waals surface area contributed by atoms with Gasteiger partial charge in [-0.15, -0.1) is 0 Å². The Labute approximate surface area is 136 Å². The number of carboxylic acid groups (broad SMARTS) is 1. The van der Waals surface area contributed by atoms with Gasteiger partial charge in [0.15, 0.2) is 0 Å². The van der Waals surface area contributed by atoms with Crippen molar-refractivity contribution in [3.05, 3.63) is 35.9 Å². The number of nitrogens with one attached hydrogen (secondary N) is 1. The van der Waals surface area contributed by atoms with E-state index in [4.69, 9.17) is 4.74 Å². The fourth-order valence-corrected chi connectivity index (χ4v) is 2.93. The van der Waals surface area contributed by atoms with Gasteiger partial charge in [0.25, 0.3) is 0 Å². The van der Waals surface area contributed by atoms with Crippen LogP contribution in [0.4, 0.5) is 0 Å². The van der Waals surface area contributed by atoms with E-state index in [1.807, 2.05) is 35.2 Å². The van der Waals surface area contributed by atoms with Gasteiger partial charge in [0.2, 0.25) is 5.91 Å². The van der Waals surface area contributed by atoms with Crippen LogP contribution in [-0.2, 0) is 20.9 Å². The number of hydrogen-bond acceptors (Lipinski definition) is 4. The number of carbonyl (C=O) groups is 2. The molecular formula is C17H24N2O4. The third-order valence-corrected chi connectivity index (χ3v) is 4.12. The van der Waals surface area contributed by atoms with E-state index in [1.165, 1.54) is 0 Å². The molecule has 1 saturated heterocycles. The van der Waals surface area contributed by atoms with Gasteiger partial charge in [0, 0.05) is 39.9 Å². The summed E-state index contributed by atoms with van der Waals surface area (Å²) in [4.78, 5) is 25.8. The molecule has 1 aliphatic rings. The van der Waals surface area contributed by atoms with Gasteiger partial charge in [-0.2, -0.15) is 0 Å². The Kier molecular flexibility index (Phi) is 6.55. The van der Waals surface area contributed by atoms with Crippen LogP contribution in [0.5, 0.6) is 0 Å². The molecule has 1 fully saturated rings. The number of ether oxygens (including phenoxy) is 1. The van der Waals surface area contributed by atoms with E-state index < -0.39 is 17.8 Å². The van der Waals surface area contributed by atoms with Crippen LogP contribution in [0.1, 0.15) is 12.0 Å². The Morgan fingerprint density at radius 2 is 1.96 bits per heavy atom. The number of hydrogen-bond donors (Lipinski definition) is 2. The number of methoxy groups -OCH3 is 1. The van der Waals surface area contributed by atoms with Gasteiger partial charge in [-0.1, -0.05) is 30.3 Å². The van der Waals surface area contributed by atoms with Crippen molar-refractivity contribution in [2.24, 2.45) is 11.8 Å². The lowest BCUT2D eigenvalue weighted by atomic mass is 9.95. The first-order valence-corrected chi connectivity index (χ1v) is 7.87. The lowest BCUT2D eigenvalue weighted by Crippen LogP contribution is -2.38.